The SMILES string of the molecule is CCCCCOc1ccc(-c2cc(C(=O)N/N=C\c3ccc(N(C)C)cc3)[nH]n2)cc1. The molecule has 1 heterocycles. The maximum atomic E-state index is 12.3. The van der Waals surface area contributed by atoms with Crippen molar-refractivity contribution in [3.8, 4) is 17.0 Å². The van der Waals surface area contributed by atoms with Gasteiger partial charge in [0.15, 0.2) is 0 Å². The second-order valence-corrected chi connectivity index (χ2v) is 7.43. The number of nitrogens with zero attached hydrogens (tertiary/aromatic N) is 3. The molecule has 1 amide bonds. The number of rotatable bonds is 10. The molecule has 31 heavy (non-hydrogen) atoms. The molecule has 0 saturated carbocycles. The molecule has 0 aliphatic heterocycles. The Balaban J connectivity index is 1.54. The lowest BCUT2D eigenvalue weighted by Gasteiger charge is -2.11. The third-order valence-corrected chi connectivity index (χ3v) is 4.78. The molecule has 0 fully saturated rings. The van der Waals surface area contributed by atoms with E-state index in [9.17, 15) is 4.79 Å². The second kappa shape index (κ2) is 11.0. The van der Waals surface area contributed by atoms with Gasteiger partial charge in [-0.15, -0.1) is 0 Å². The summed E-state index contributed by atoms with van der Waals surface area (Å²) < 4.78 is 5.73. The first-order valence-corrected chi connectivity index (χ1v) is 10.5. The summed E-state index contributed by atoms with van der Waals surface area (Å²) in [6.07, 6.45) is 5.00. The van der Waals surface area contributed by atoms with Crippen molar-refractivity contribution in [1.29, 1.82) is 0 Å². The van der Waals surface area contributed by atoms with Crippen molar-refractivity contribution in [2.75, 3.05) is 25.6 Å². The molecule has 0 atom stereocenters. The van der Waals surface area contributed by atoms with E-state index in [4.69, 9.17) is 4.74 Å². The molecule has 3 aromatic rings. The largest absolute Gasteiger partial charge is 0.494 e. The highest BCUT2D eigenvalue weighted by Gasteiger charge is 2.10. The number of benzene rings is 2. The number of hydrogen-bond acceptors (Lipinski definition) is 5. The Morgan fingerprint density at radius 1 is 1.13 bits per heavy atom. The summed E-state index contributed by atoms with van der Waals surface area (Å²) in [6, 6.07) is 17.3. The molecule has 1 aromatic heterocycles. The number of hydrazone groups is 1. The monoisotopic (exact) mass is 419 g/mol. The van der Waals surface area contributed by atoms with Crippen LogP contribution in [0.2, 0.25) is 0 Å². The molecule has 0 bridgehead atoms. The number of amides is 1. The van der Waals surface area contributed by atoms with Crippen molar-refractivity contribution in [1.82, 2.24) is 15.6 Å². The number of nitrogens with one attached hydrogen (secondary N) is 2. The molecule has 0 radical (unpaired) electrons. The first kappa shape index (κ1) is 22.1. The summed E-state index contributed by atoms with van der Waals surface area (Å²) in [4.78, 5) is 14.3. The number of carbonyl (C=O) groups excluding carboxylic acids is 1. The minimum absolute atomic E-state index is 0.343. The molecule has 7 nitrogen and oxygen atoms in total. The average molecular weight is 420 g/mol. The Morgan fingerprint density at radius 2 is 1.87 bits per heavy atom. The van der Waals surface area contributed by atoms with E-state index >= 15 is 0 Å². The lowest BCUT2D eigenvalue weighted by atomic mass is 10.1. The van der Waals surface area contributed by atoms with Crippen LogP contribution < -0.4 is 15.1 Å². The molecule has 2 N–H and O–H groups in total. The van der Waals surface area contributed by atoms with Gasteiger partial charge in [-0.2, -0.15) is 10.2 Å². The fourth-order valence-electron chi connectivity index (χ4n) is 2.93. The van der Waals surface area contributed by atoms with E-state index in [1.165, 1.54) is 12.8 Å². The molecule has 0 spiro atoms. The normalized spacial score (nSPS) is 10.9. The Morgan fingerprint density at radius 3 is 2.55 bits per heavy atom. The first-order valence-electron chi connectivity index (χ1n) is 10.5. The highest BCUT2D eigenvalue weighted by Crippen LogP contribution is 2.21. The van der Waals surface area contributed by atoms with Gasteiger partial charge in [0.2, 0.25) is 0 Å². The molecule has 3 rings (SSSR count). The van der Waals surface area contributed by atoms with E-state index in [0.717, 1.165) is 35.6 Å². The van der Waals surface area contributed by atoms with Gasteiger partial charge in [0.05, 0.1) is 18.5 Å². The van der Waals surface area contributed by atoms with Crippen molar-refractivity contribution < 1.29 is 9.53 Å². The maximum Gasteiger partial charge on any atom is 0.289 e. The fraction of sp³-hybridized carbons (Fsp3) is 0.292. The van der Waals surface area contributed by atoms with E-state index in [-0.39, 0.29) is 5.91 Å². The van der Waals surface area contributed by atoms with Crippen LogP contribution in [0.3, 0.4) is 0 Å². The minimum Gasteiger partial charge on any atom is -0.494 e. The number of carbonyl (C=O) groups is 1. The number of aromatic nitrogens is 2. The second-order valence-electron chi connectivity index (χ2n) is 7.43. The van der Waals surface area contributed by atoms with E-state index in [1.54, 1.807) is 12.3 Å². The van der Waals surface area contributed by atoms with E-state index in [1.807, 2.05) is 67.5 Å². The van der Waals surface area contributed by atoms with E-state index in [2.05, 4.69) is 27.6 Å². The lowest BCUT2D eigenvalue weighted by Crippen LogP contribution is -2.18. The predicted molar refractivity (Wildman–Crippen MR) is 125 cm³/mol. The van der Waals surface area contributed by atoms with Crippen LogP contribution in [-0.2, 0) is 0 Å². The highest BCUT2D eigenvalue weighted by molar-refractivity contribution is 5.94. The molecule has 0 unspecified atom stereocenters. The van der Waals surface area contributed by atoms with Crippen LogP contribution in [0, 0.1) is 0 Å². The van der Waals surface area contributed by atoms with E-state index < -0.39 is 0 Å². The zero-order valence-corrected chi connectivity index (χ0v) is 18.3. The predicted octanol–water partition coefficient (Wildman–Crippen LogP) is 4.48. The van der Waals surface area contributed by atoms with Gasteiger partial charge in [0.1, 0.15) is 11.4 Å². The van der Waals surface area contributed by atoms with Crippen LogP contribution in [0.5, 0.6) is 5.75 Å². The fourth-order valence-corrected chi connectivity index (χ4v) is 2.93. The summed E-state index contributed by atoms with van der Waals surface area (Å²) in [5.41, 5.74) is 6.45. The number of hydrogen-bond donors (Lipinski definition) is 2. The van der Waals surface area contributed by atoms with Crippen LogP contribution in [0.4, 0.5) is 5.69 Å². The Kier molecular flexibility index (Phi) is 7.81. The van der Waals surface area contributed by atoms with Gasteiger partial charge in [-0.25, -0.2) is 5.43 Å². The number of anilines is 1. The van der Waals surface area contributed by atoms with Gasteiger partial charge in [0, 0.05) is 25.3 Å². The third kappa shape index (κ3) is 6.44. The lowest BCUT2D eigenvalue weighted by molar-refractivity contribution is 0.0950. The third-order valence-electron chi connectivity index (χ3n) is 4.78. The summed E-state index contributed by atoms with van der Waals surface area (Å²) in [5, 5.41) is 11.0. The smallest absolute Gasteiger partial charge is 0.289 e. The maximum absolute atomic E-state index is 12.3. The van der Waals surface area contributed by atoms with Crippen molar-refractivity contribution in [3.63, 3.8) is 0 Å². The Bertz CT molecular complexity index is 992. The number of H-pyrrole nitrogens is 1. The summed E-state index contributed by atoms with van der Waals surface area (Å²) in [6.45, 7) is 2.89. The number of unbranched alkanes of at least 4 members (excludes halogenated alkanes) is 2. The van der Waals surface area contributed by atoms with Gasteiger partial charge >= 0.3 is 0 Å². The molecule has 162 valence electrons. The molecule has 0 saturated heterocycles. The Labute approximate surface area is 183 Å². The standard InChI is InChI=1S/C24H29N5O2/c1-4-5-6-15-31-21-13-9-19(10-14-21)22-16-23(27-26-22)24(30)28-25-17-18-7-11-20(12-8-18)29(2)3/h7-14,16-17H,4-6,15H2,1-3H3,(H,26,27)(H,28,30)/b25-17-. The van der Waals surface area contributed by atoms with Crippen LogP contribution in [0.15, 0.2) is 59.7 Å². The summed E-state index contributed by atoms with van der Waals surface area (Å²) >= 11 is 0. The average Bonchev–Trinajstić information content (AvgIpc) is 3.28. The van der Waals surface area contributed by atoms with Crippen LogP contribution in [0.1, 0.15) is 42.2 Å². The molecular formula is C24H29N5O2. The first-order chi connectivity index (χ1) is 15.1. The van der Waals surface area contributed by atoms with Gasteiger partial charge in [0.25, 0.3) is 5.91 Å². The zero-order chi connectivity index (χ0) is 22.1. The van der Waals surface area contributed by atoms with Gasteiger partial charge in [-0.05, 0) is 54.4 Å². The molecule has 0 aliphatic carbocycles. The quantitative estimate of drug-likeness (QED) is 0.288. The zero-order valence-electron chi connectivity index (χ0n) is 18.3. The van der Waals surface area contributed by atoms with Crippen molar-refractivity contribution in [2.24, 2.45) is 5.10 Å². The number of ether oxygens (including phenoxy) is 1. The van der Waals surface area contributed by atoms with Gasteiger partial charge in [-0.1, -0.05) is 31.9 Å². The van der Waals surface area contributed by atoms with Crippen LogP contribution in [-0.4, -0.2) is 43.0 Å². The molecular weight excluding hydrogens is 390 g/mol. The summed E-state index contributed by atoms with van der Waals surface area (Å²) in [7, 11) is 3.97. The van der Waals surface area contributed by atoms with Gasteiger partial charge in [-0.3, -0.25) is 9.89 Å². The topological polar surface area (TPSA) is 82.6 Å². The molecule has 0 aliphatic rings. The Hall–Kier alpha value is -3.61. The van der Waals surface area contributed by atoms with Crippen molar-refractivity contribution in [3.05, 3.63) is 65.9 Å². The molecule has 7 heteroatoms. The minimum atomic E-state index is -0.351. The number of aromatic amines is 1. The van der Waals surface area contributed by atoms with E-state index in [0.29, 0.717) is 11.4 Å². The van der Waals surface area contributed by atoms with Gasteiger partial charge < -0.3 is 9.64 Å². The van der Waals surface area contributed by atoms with Crippen LogP contribution >= 0.6 is 0 Å². The van der Waals surface area contributed by atoms with Crippen LogP contribution in [0.25, 0.3) is 11.3 Å². The van der Waals surface area contributed by atoms with Crippen molar-refractivity contribution >= 4 is 17.8 Å². The highest BCUT2D eigenvalue weighted by atomic mass is 16.5. The summed E-state index contributed by atoms with van der Waals surface area (Å²) in [5.74, 6) is 0.483. The molecule has 2 aromatic carbocycles. The van der Waals surface area contributed by atoms with Crippen molar-refractivity contribution in [2.45, 2.75) is 26.2 Å².